The molecule has 1 atom stereocenters. The lowest BCUT2D eigenvalue weighted by molar-refractivity contribution is -0.176. The maximum Gasteiger partial charge on any atom is 0.159 e. The van der Waals surface area contributed by atoms with E-state index in [1.54, 1.807) is 13.8 Å². The monoisotopic (exact) mass is 453 g/mol. The summed E-state index contributed by atoms with van der Waals surface area (Å²) >= 11 is 0. The van der Waals surface area contributed by atoms with Gasteiger partial charge < -0.3 is 24.4 Å². The highest BCUT2D eigenvalue weighted by atomic mass is 16.6. The summed E-state index contributed by atoms with van der Waals surface area (Å²) in [6.45, 7) is 8.02. The Labute approximate surface area is 194 Å². The minimum atomic E-state index is -1.13. The van der Waals surface area contributed by atoms with Gasteiger partial charge in [-0.25, -0.2) is 0 Å². The zero-order valence-corrected chi connectivity index (χ0v) is 19.5. The van der Waals surface area contributed by atoms with Crippen LogP contribution in [-0.4, -0.2) is 48.5 Å². The van der Waals surface area contributed by atoms with Gasteiger partial charge in [-0.15, -0.1) is 0 Å². The van der Waals surface area contributed by atoms with Gasteiger partial charge in [0.1, 0.15) is 18.1 Å². The molecule has 0 saturated carbocycles. The fourth-order valence-corrected chi connectivity index (χ4v) is 2.85. The van der Waals surface area contributed by atoms with Gasteiger partial charge in [0, 0.05) is 22.5 Å². The Hall–Kier alpha value is -3.21. The van der Waals surface area contributed by atoms with E-state index >= 15 is 0 Å². The topological polar surface area (TPSA) is 117 Å². The molecule has 0 aromatic heterocycles. The van der Waals surface area contributed by atoms with E-state index in [1.165, 1.54) is 0 Å². The normalized spacial score (nSPS) is 11.7. The van der Waals surface area contributed by atoms with Crippen LogP contribution < -0.4 is 9.47 Å². The number of benzene rings is 2. The van der Waals surface area contributed by atoms with Crippen LogP contribution >= 0.6 is 0 Å². The highest BCUT2D eigenvalue weighted by Crippen LogP contribution is 2.21. The van der Waals surface area contributed by atoms with Gasteiger partial charge >= 0.3 is 0 Å². The van der Waals surface area contributed by atoms with Gasteiger partial charge in [0.05, 0.1) is 25.9 Å². The van der Waals surface area contributed by atoms with Crippen molar-refractivity contribution in [1.82, 2.24) is 0 Å². The summed E-state index contributed by atoms with van der Waals surface area (Å²) in [5.74, 6) is 6.63. The second-order valence-corrected chi connectivity index (χ2v) is 8.09. The molecule has 0 aliphatic carbocycles. The van der Waals surface area contributed by atoms with Crippen LogP contribution in [0.2, 0.25) is 0 Å². The van der Waals surface area contributed by atoms with E-state index < -0.39 is 11.9 Å². The van der Waals surface area contributed by atoms with Crippen LogP contribution in [0.15, 0.2) is 41.5 Å². The number of hydrogen-bond donors (Lipinski definition) is 2. The van der Waals surface area contributed by atoms with Crippen molar-refractivity contribution in [3.8, 4) is 23.3 Å². The lowest BCUT2D eigenvalue weighted by Gasteiger charge is -2.18. The van der Waals surface area contributed by atoms with Gasteiger partial charge in [0.15, 0.2) is 5.79 Å². The first kappa shape index (κ1) is 26.0. The highest BCUT2D eigenvalue weighted by molar-refractivity contribution is 5.49. The lowest BCUT2D eigenvalue weighted by atomic mass is 10.1. The molecule has 0 fully saturated rings. The van der Waals surface area contributed by atoms with Gasteiger partial charge in [-0.1, -0.05) is 17.0 Å². The third-order valence-corrected chi connectivity index (χ3v) is 4.49. The number of nitrogens with zero attached hydrogens (tertiary/aromatic N) is 3. The van der Waals surface area contributed by atoms with Crippen LogP contribution in [0, 0.1) is 25.7 Å². The van der Waals surface area contributed by atoms with E-state index in [4.69, 9.17) is 19.7 Å². The molecule has 0 amide bonds. The van der Waals surface area contributed by atoms with Crippen molar-refractivity contribution in [3.05, 3.63) is 69.1 Å². The van der Waals surface area contributed by atoms with Crippen molar-refractivity contribution in [2.75, 3.05) is 26.4 Å². The molecule has 0 aliphatic rings. The predicted molar refractivity (Wildman–Crippen MR) is 126 cm³/mol. The standard InChI is InChI=1S/C25H31N3O5/c1-18-14-20(8-10-23(18)31-12-5-13-33-25(3,4)30)6-7-21-9-11-24(19(2)15-21)32-17-22(29)16-27-28-26/h8-11,14-15,22,29-30H,5,12-13,16-17H2,1-4H3/t22-/m1/s1. The Bertz CT molecular complexity index is 1030. The SMILES string of the molecule is Cc1cc(C#Cc2ccc(OC[C@H](O)CN=[N+]=[N-])c(C)c2)ccc1OCCCOC(C)(C)O. The number of rotatable bonds is 11. The number of aliphatic hydroxyl groups excluding tert-OH is 1. The van der Waals surface area contributed by atoms with Crippen LogP contribution in [0.4, 0.5) is 0 Å². The first-order valence-electron chi connectivity index (χ1n) is 10.7. The van der Waals surface area contributed by atoms with Crippen molar-refractivity contribution >= 4 is 0 Å². The zero-order valence-electron chi connectivity index (χ0n) is 19.5. The van der Waals surface area contributed by atoms with Crippen molar-refractivity contribution < 1.29 is 24.4 Å². The molecular weight excluding hydrogens is 422 g/mol. The number of ether oxygens (including phenoxy) is 3. The average Bonchev–Trinajstić information content (AvgIpc) is 2.75. The molecule has 0 bridgehead atoms. The molecule has 0 aliphatic heterocycles. The summed E-state index contributed by atoms with van der Waals surface area (Å²) in [7, 11) is 0. The molecule has 2 rings (SSSR count). The highest BCUT2D eigenvalue weighted by Gasteiger charge is 2.11. The third kappa shape index (κ3) is 9.85. The fourth-order valence-electron chi connectivity index (χ4n) is 2.85. The summed E-state index contributed by atoms with van der Waals surface area (Å²) < 4.78 is 16.7. The largest absolute Gasteiger partial charge is 0.493 e. The molecule has 0 unspecified atom stereocenters. The van der Waals surface area contributed by atoms with Gasteiger partial charge in [-0.3, -0.25) is 0 Å². The second-order valence-electron chi connectivity index (χ2n) is 8.09. The molecule has 0 saturated heterocycles. The molecule has 2 N–H and O–H groups in total. The quantitative estimate of drug-likeness (QED) is 0.132. The molecule has 2 aromatic carbocycles. The van der Waals surface area contributed by atoms with Gasteiger partial charge in [0.2, 0.25) is 0 Å². The molecule has 0 spiro atoms. The van der Waals surface area contributed by atoms with E-state index in [9.17, 15) is 10.2 Å². The van der Waals surface area contributed by atoms with Gasteiger partial charge in [-0.05, 0) is 80.8 Å². The summed E-state index contributed by atoms with van der Waals surface area (Å²) in [5, 5.41) is 22.6. The summed E-state index contributed by atoms with van der Waals surface area (Å²) in [6.07, 6.45) is -0.174. The molecule has 176 valence electrons. The minimum absolute atomic E-state index is 0.0289. The molecule has 0 radical (unpaired) electrons. The summed E-state index contributed by atoms with van der Waals surface area (Å²) in [5.41, 5.74) is 11.9. The van der Waals surface area contributed by atoms with Gasteiger partial charge in [0.25, 0.3) is 0 Å². The minimum Gasteiger partial charge on any atom is -0.493 e. The van der Waals surface area contributed by atoms with Gasteiger partial charge in [-0.2, -0.15) is 0 Å². The van der Waals surface area contributed by atoms with E-state index in [1.807, 2.05) is 50.2 Å². The maximum atomic E-state index is 9.70. The van der Waals surface area contributed by atoms with E-state index in [0.29, 0.717) is 25.4 Å². The number of hydrogen-bond acceptors (Lipinski definition) is 6. The molecule has 0 heterocycles. The third-order valence-electron chi connectivity index (χ3n) is 4.49. The summed E-state index contributed by atoms with van der Waals surface area (Å²) in [4.78, 5) is 2.62. The summed E-state index contributed by atoms with van der Waals surface area (Å²) in [6, 6.07) is 11.4. The molecule has 2 aromatic rings. The molecule has 33 heavy (non-hydrogen) atoms. The fraction of sp³-hybridized carbons (Fsp3) is 0.440. The number of aryl methyl sites for hydroxylation is 2. The van der Waals surface area contributed by atoms with Crippen LogP contribution in [0.5, 0.6) is 11.5 Å². The Morgan fingerprint density at radius 2 is 1.58 bits per heavy atom. The molecule has 8 nitrogen and oxygen atoms in total. The smallest absolute Gasteiger partial charge is 0.159 e. The average molecular weight is 454 g/mol. The van der Waals surface area contributed by atoms with Crippen LogP contribution in [0.3, 0.4) is 0 Å². The van der Waals surface area contributed by atoms with Crippen molar-refractivity contribution in [1.29, 1.82) is 0 Å². The van der Waals surface area contributed by atoms with Crippen LogP contribution in [0.25, 0.3) is 10.4 Å². The number of azide groups is 1. The van der Waals surface area contributed by atoms with Crippen LogP contribution in [-0.2, 0) is 4.74 Å². The molecule has 8 heteroatoms. The first-order valence-corrected chi connectivity index (χ1v) is 10.7. The Morgan fingerprint density at radius 1 is 1.00 bits per heavy atom. The van der Waals surface area contributed by atoms with E-state index in [2.05, 4.69) is 21.9 Å². The second kappa shape index (κ2) is 12.7. The predicted octanol–water partition coefficient (Wildman–Crippen LogP) is 4.27. The molecular formula is C25H31N3O5. The van der Waals surface area contributed by atoms with E-state index in [-0.39, 0.29) is 13.2 Å². The Balaban J connectivity index is 1.91. The van der Waals surface area contributed by atoms with E-state index in [0.717, 1.165) is 28.0 Å². The van der Waals surface area contributed by atoms with Crippen molar-refractivity contribution in [2.24, 2.45) is 5.11 Å². The number of aliphatic hydroxyl groups is 2. The van der Waals surface area contributed by atoms with Crippen molar-refractivity contribution in [2.45, 2.75) is 46.0 Å². The Morgan fingerprint density at radius 3 is 2.09 bits per heavy atom. The lowest BCUT2D eigenvalue weighted by Crippen LogP contribution is -2.24. The van der Waals surface area contributed by atoms with Crippen LogP contribution in [0.1, 0.15) is 42.5 Å². The zero-order chi connectivity index (χ0) is 24.3. The Kier molecular flexibility index (Phi) is 10.0. The van der Waals surface area contributed by atoms with Crippen molar-refractivity contribution in [3.63, 3.8) is 0 Å². The maximum absolute atomic E-state index is 9.70. The first-order chi connectivity index (χ1) is 15.7.